The number of thiophene rings is 1. The van der Waals surface area contributed by atoms with Gasteiger partial charge in [-0.2, -0.15) is 4.57 Å². The highest BCUT2D eigenvalue weighted by Crippen LogP contribution is 2.40. The smallest absolute Gasteiger partial charge is 0.259 e. The van der Waals surface area contributed by atoms with Crippen LogP contribution >= 0.6 is 34.7 Å². The molecule has 0 spiro atoms. The molecule has 7 heteroatoms. The van der Waals surface area contributed by atoms with Crippen molar-refractivity contribution in [1.82, 2.24) is 0 Å². The van der Waals surface area contributed by atoms with Crippen molar-refractivity contribution in [3.63, 3.8) is 0 Å². The first-order valence-corrected chi connectivity index (χ1v) is 11.6. The largest absolute Gasteiger partial charge is 1.00 e. The predicted molar refractivity (Wildman–Crippen MR) is 126 cm³/mol. The number of carbonyl (C=O) groups excluding carboxylic acids is 1. The van der Waals surface area contributed by atoms with E-state index in [1.807, 2.05) is 90.6 Å². The number of halogens is 2. The molecule has 3 nitrogen and oxygen atoms in total. The lowest BCUT2D eigenvalue weighted by molar-refractivity contribution is -0.597. The van der Waals surface area contributed by atoms with Crippen LogP contribution in [0.2, 0.25) is 5.02 Å². The summed E-state index contributed by atoms with van der Waals surface area (Å²) in [5.41, 5.74) is 10.8. The number of nitrogen functional groups attached to an aromatic ring is 1. The molecule has 0 radical (unpaired) electrons. The van der Waals surface area contributed by atoms with Gasteiger partial charge >= 0.3 is 0 Å². The highest BCUT2D eigenvalue weighted by molar-refractivity contribution is 8.00. The number of rotatable bonds is 6. The highest BCUT2D eigenvalue weighted by atomic mass is 79.9. The summed E-state index contributed by atoms with van der Waals surface area (Å²) in [4.78, 5) is 13.7. The number of carbonyl (C=O) groups is 1. The first kappa shape index (κ1) is 23.5. The second-order valence-electron chi connectivity index (χ2n) is 6.88. The number of ketones is 1. The van der Waals surface area contributed by atoms with E-state index < -0.39 is 0 Å². The first-order valence-electron chi connectivity index (χ1n) is 9.40. The summed E-state index contributed by atoms with van der Waals surface area (Å²) in [7, 11) is 0. The Kier molecular flexibility index (Phi) is 7.94. The van der Waals surface area contributed by atoms with Crippen LogP contribution in [0.3, 0.4) is 0 Å². The van der Waals surface area contributed by atoms with Gasteiger partial charge in [-0.15, -0.1) is 23.1 Å². The summed E-state index contributed by atoms with van der Waals surface area (Å²) in [5, 5.41) is 0.718. The maximum atomic E-state index is 13.1. The predicted octanol–water partition coefficient (Wildman–Crippen LogP) is 3.10. The SMILES string of the molecule is Cc1ccc[n+](-c2c(SCc3ccc(Cl)cc3)sc(C(=O)c3ccccc3)c2N)c1.[Br-]. The van der Waals surface area contributed by atoms with Crippen molar-refractivity contribution in [2.75, 3.05) is 5.73 Å². The molecule has 0 aliphatic heterocycles. The molecule has 0 saturated heterocycles. The molecule has 0 unspecified atom stereocenters. The van der Waals surface area contributed by atoms with Gasteiger partial charge in [-0.25, -0.2) is 0 Å². The van der Waals surface area contributed by atoms with Crippen molar-refractivity contribution in [3.8, 4) is 5.69 Å². The van der Waals surface area contributed by atoms with E-state index in [0.717, 1.165) is 31.8 Å². The van der Waals surface area contributed by atoms with Crippen LogP contribution in [0, 0.1) is 6.92 Å². The van der Waals surface area contributed by atoms with Crippen LogP contribution < -0.4 is 27.3 Å². The van der Waals surface area contributed by atoms with E-state index in [4.69, 9.17) is 17.3 Å². The number of thioether (sulfide) groups is 1. The number of hydrogen-bond donors (Lipinski definition) is 1. The molecular weight excluding hydrogens is 512 g/mol. The van der Waals surface area contributed by atoms with Crippen LogP contribution in [0.1, 0.15) is 26.4 Å². The lowest BCUT2D eigenvalue weighted by atomic mass is 10.1. The van der Waals surface area contributed by atoms with Gasteiger partial charge in [-0.05, 0) is 30.7 Å². The zero-order valence-electron chi connectivity index (χ0n) is 16.7. The Balaban J connectivity index is 0.00000272. The summed E-state index contributed by atoms with van der Waals surface area (Å²) in [6.07, 6.45) is 4.00. The molecule has 31 heavy (non-hydrogen) atoms. The Morgan fingerprint density at radius 3 is 2.45 bits per heavy atom. The minimum Gasteiger partial charge on any atom is -1.00 e. The Hall–Kier alpha value is -2.12. The normalized spacial score (nSPS) is 10.5. The minimum absolute atomic E-state index is 0. The van der Waals surface area contributed by atoms with Crippen LogP contribution in [0.15, 0.2) is 83.3 Å². The van der Waals surface area contributed by atoms with Crippen molar-refractivity contribution in [1.29, 1.82) is 0 Å². The number of pyridine rings is 1. The van der Waals surface area contributed by atoms with E-state index in [1.54, 1.807) is 11.8 Å². The Morgan fingerprint density at radius 1 is 1.06 bits per heavy atom. The highest BCUT2D eigenvalue weighted by Gasteiger charge is 2.28. The van der Waals surface area contributed by atoms with Crippen molar-refractivity contribution in [2.45, 2.75) is 16.9 Å². The molecule has 2 N–H and O–H groups in total. The fourth-order valence-corrected chi connectivity index (χ4v) is 5.65. The fourth-order valence-electron chi connectivity index (χ4n) is 3.11. The molecule has 2 heterocycles. The van der Waals surface area contributed by atoms with Crippen molar-refractivity contribution in [3.05, 3.63) is 106 Å². The van der Waals surface area contributed by atoms with Crippen LogP contribution in [0.5, 0.6) is 0 Å². The molecule has 2 aromatic heterocycles. The van der Waals surface area contributed by atoms with Crippen molar-refractivity contribution >= 4 is 46.2 Å². The third-order valence-electron chi connectivity index (χ3n) is 4.62. The molecular formula is C24H20BrClN2OS2. The number of anilines is 1. The van der Waals surface area contributed by atoms with Gasteiger partial charge in [-0.3, -0.25) is 4.79 Å². The summed E-state index contributed by atoms with van der Waals surface area (Å²) < 4.78 is 3.02. The van der Waals surface area contributed by atoms with Gasteiger partial charge in [-0.1, -0.05) is 54.1 Å². The molecule has 0 aliphatic rings. The zero-order chi connectivity index (χ0) is 21.1. The van der Waals surface area contributed by atoms with Gasteiger partial charge in [0.15, 0.2) is 12.4 Å². The molecule has 0 saturated carbocycles. The number of nitrogens with zero attached hydrogens (tertiary/aromatic N) is 1. The van der Waals surface area contributed by atoms with Gasteiger partial charge in [0.1, 0.15) is 14.8 Å². The molecule has 4 aromatic rings. The Labute approximate surface area is 205 Å². The van der Waals surface area contributed by atoms with E-state index in [1.165, 1.54) is 11.3 Å². The third-order valence-corrected chi connectivity index (χ3v) is 7.40. The van der Waals surface area contributed by atoms with Gasteiger partial charge in [0.2, 0.25) is 5.78 Å². The van der Waals surface area contributed by atoms with E-state index in [2.05, 4.69) is 0 Å². The van der Waals surface area contributed by atoms with Crippen molar-refractivity contribution in [2.24, 2.45) is 0 Å². The summed E-state index contributed by atoms with van der Waals surface area (Å²) in [6, 6.07) is 21.1. The van der Waals surface area contributed by atoms with Crippen molar-refractivity contribution < 1.29 is 26.3 Å². The van der Waals surface area contributed by atoms with Crippen LogP contribution in [-0.2, 0) is 5.75 Å². The number of aromatic nitrogens is 1. The second kappa shape index (κ2) is 10.5. The van der Waals surface area contributed by atoms with E-state index in [-0.39, 0.29) is 22.8 Å². The monoisotopic (exact) mass is 530 g/mol. The molecule has 0 bridgehead atoms. The maximum absolute atomic E-state index is 13.1. The fraction of sp³-hybridized carbons (Fsp3) is 0.0833. The number of hydrogen-bond acceptors (Lipinski definition) is 4. The standard InChI is InChI=1S/C24H19ClN2OS2.BrH/c1-16-6-5-13-27(14-16)21-20(26)23(22(28)18-7-3-2-4-8-18)30-24(21)29-15-17-9-11-19(25)12-10-17;/h2-14H,15H2,1H3,(H-,26,28);1H. The van der Waals surface area contributed by atoms with Crippen LogP contribution in [0.4, 0.5) is 5.69 Å². The number of benzene rings is 2. The maximum Gasteiger partial charge on any atom is 0.259 e. The lowest BCUT2D eigenvalue weighted by Gasteiger charge is -2.02. The summed E-state index contributed by atoms with van der Waals surface area (Å²) in [5.74, 6) is 0.709. The minimum atomic E-state index is -0.0501. The lowest BCUT2D eigenvalue weighted by Crippen LogP contribution is -3.00. The third kappa shape index (κ3) is 5.39. The second-order valence-corrected chi connectivity index (χ2v) is 9.58. The summed E-state index contributed by atoms with van der Waals surface area (Å²) in [6.45, 7) is 2.04. The summed E-state index contributed by atoms with van der Waals surface area (Å²) >= 11 is 9.13. The molecule has 0 aliphatic carbocycles. The van der Waals surface area contributed by atoms with Gasteiger partial charge in [0, 0.05) is 28.0 Å². The van der Waals surface area contributed by atoms with Gasteiger partial charge < -0.3 is 22.7 Å². The first-order chi connectivity index (χ1) is 14.5. The van der Waals surface area contributed by atoms with Gasteiger partial charge in [0.05, 0.1) is 0 Å². The van der Waals surface area contributed by atoms with E-state index >= 15 is 0 Å². The van der Waals surface area contributed by atoms with E-state index in [9.17, 15) is 4.79 Å². The topological polar surface area (TPSA) is 47.0 Å². The number of nitrogens with two attached hydrogens (primary N) is 1. The van der Waals surface area contributed by atoms with Crippen LogP contribution in [0.25, 0.3) is 5.69 Å². The van der Waals surface area contributed by atoms with Gasteiger partial charge in [0.25, 0.3) is 5.69 Å². The quantitative estimate of drug-likeness (QED) is 0.236. The molecule has 0 atom stereocenters. The molecule has 4 rings (SSSR count). The average molecular weight is 532 g/mol. The number of aryl methyl sites for hydroxylation is 1. The molecule has 0 fully saturated rings. The van der Waals surface area contributed by atoms with E-state index in [0.29, 0.717) is 16.1 Å². The molecule has 158 valence electrons. The average Bonchev–Trinajstić information content (AvgIpc) is 3.09. The zero-order valence-corrected chi connectivity index (χ0v) is 20.7. The molecule has 2 aromatic carbocycles. The Bertz CT molecular complexity index is 1190. The Morgan fingerprint density at radius 2 is 1.77 bits per heavy atom. The van der Waals surface area contributed by atoms with Crippen LogP contribution in [-0.4, -0.2) is 5.78 Å². The molecule has 0 amide bonds.